The van der Waals surface area contributed by atoms with Crippen LogP contribution in [0.3, 0.4) is 0 Å². The van der Waals surface area contributed by atoms with Crippen molar-refractivity contribution in [1.82, 2.24) is 0 Å². The molecule has 0 aliphatic rings. The minimum atomic E-state index is -2.19. The van der Waals surface area contributed by atoms with E-state index in [1.165, 1.54) is 0 Å². The third-order valence-corrected chi connectivity index (χ3v) is 3.14. The molecule has 0 aromatic heterocycles. The standard InChI is InChI=1S/2C7H10O7.Ge/c2*1-14-5(10)3-7(13,6(11)12)2-4(8)9;/h2*13H,2-3H2,1H3,(H,8,9)(H,11,12);/p+6. The first-order valence-corrected chi connectivity index (χ1v) is 7.28. The second kappa shape index (κ2) is 13.5. The molecule has 0 fully saturated rings. The number of carbonyl (C=O) groups is 6. The molecule has 15 heteroatoms. The van der Waals surface area contributed by atoms with E-state index in [1.807, 2.05) is 0 Å². The second-order valence-corrected chi connectivity index (χ2v) is 5.53. The largest absolute Gasteiger partial charge is 0.600 e. The topological polar surface area (TPSA) is 258 Å². The molecule has 0 spiro atoms. The quantitative estimate of drug-likeness (QED) is 0.161. The van der Waals surface area contributed by atoms with Crippen LogP contribution in [0.1, 0.15) is 25.7 Å². The van der Waals surface area contributed by atoms with Crippen molar-refractivity contribution in [3.05, 3.63) is 0 Å². The Hall–Kier alpha value is -2.72. The average molecular weight is 491 g/mol. The summed E-state index contributed by atoms with van der Waals surface area (Å²) in [5, 5.41) is 41.3. The molecule has 2 unspecified atom stereocenters. The minimum absolute atomic E-state index is 0. The van der Waals surface area contributed by atoms with E-state index in [1.54, 1.807) is 0 Å². The Morgan fingerprint density at radius 3 is 1.00 bits per heavy atom. The zero-order chi connectivity index (χ0) is 22.7. The van der Waals surface area contributed by atoms with Crippen molar-refractivity contribution in [3.8, 4) is 0 Å². The van der Waals surface area contributed by atoms with Crippen molar-refractivity contribution >= 4 is 53.4 Å². The summed E-state index contributed by atoms with van der Waals surface area (Å²) in [7, 11) is 2.14. The van der Waals surface area contributed by atoms with Crippen LogP contribution in [0.2, 0.25) is 0 Å². The maximum Gasteiger partial charge on any atom is 0.600 e. The number of ether oxygens (including phenoxy) is 2. The van der Waals surface area contributed by atoms with Gasteiger partial charge in [0.1, 0.15) is 12.8 Å². The molecule has 0 rings (SSSR count). The summed E-state index contributed by atoms with van der Waals surface area (Å²) in [4.78, 5) is 63.7. The van der Waals surface area contributed by atoms with Crippen LogP contribution in [-0.4, -0.2) is 109 Å². The molecular weight excluding hydrogens is 465 g/mol. The minimum Gasteiger partial charge on any atom is -0.564 e. The molecule has 29 heavy (non-hydrogen) atoms. The van der Waals surface area contributed by atoms with Gasteiger partial charge in [-0.1, -0.05) is 0 Å². The molecule has 0 saturated heterocycles. The van der Waals surface area contributed by atoms with Crippen molar-refractivity contribution in [1.29, 1.82) is 0 Å². The summed E-state index contributed by atoms with van der Waals surface area (Å²) >= 11 is 0. The maximum atomic E-state index is 10.8. The van der Waals surface area contributed by atoms with Crippen LogP contribution in [0, 0.1) is 0 Å². The molecule has 0 aliphatic heterocycles. The van der Waals surface area contributed by atoms with Crippen LogP contribution in [-0.2, 0) is 38.2 Å². The van der Waals surface area contributed by atoms with Gasteiger partial charge in [0.25, 0.3) is 0 Å². The molecule has 2 atom stereocenters. The smallest absolute Gasteiger partial charge is 0.564 e. The van der Waals surface area contributed by atoms with Gasteiger partial charge in [-0.05, 0) is 0 Å². The molecule has 0 amide bonds. The molecule has 14 nitrogen and oxygen atoms in total. The predicted octanol–water partition coefficient (Wildman–Crippen LogP) is -6.57. The molecule has 4 radical (unpaired) electrons. The number of hydrogen-bond donors (Lipinski definition) is 0. The second-order valence-electron chi connectivity index (χ2n) is 5.53. The summed E-state index contributed by atoms with van der Waals surface area (Å²) in [6.45, 7) is 0. The van der Waals surface area contributed by atoms with Gasteiger partial charge in [-0.25, -0.2) is 0 Å². The van der Waals surface area contributed by atoms with Crippen molar-refractivity contribution in [2.75, 3.05) is 14.2 Å². The zero-order valence-electron chi connectivity index (χ0n) is 15.6. The van der Waals surface area contributed by atoms with Gasteiger partial charge in [0.15, 0.2) is 12.8 Å². The summed E-state index contributed by atoms with van der Waals surface area (Å²) in [6, 6.07) is 0. The third-order valence-electron chi connectivity index (χ3n) is 3.14. The Labute approximate surface area is 174 Å². The first kappa shape index (κ1) is 31.0. The Morgan fingerprint density at radius 1 is 0.621 bits per heavy atom. The number of esters is 2. The van der Waals surface area contributed by atoms with E-state index in [2.05, 4.69) is 9.47 Å². The summed E-state index contributed by atoms with van der Waals surface area (Å²) in [5.74, 6) is -6.79. The van der Waals surface area contributed by atoms with Crippen LogP contribution in [0.4, 0.5) is 0 Å². The Balaban J connectivity index is -0.000000451. The molecule has 0 aromatic rings. The normalized spacial score (nSPS) is 13.7. The van der Waals surface area contributed by atoms with E-state index < -0.39 is 72.7 Å². The van der Waals surface area contributed by atoms with Crippen LogP contribution < -0.4 is 0 Å². The number of carbonyl (C=O) groups excluding carboxylic acids is 6. The van der Waals surface area contributed by atoms with E-state index in [0.717, 1.165) is 14.2 Å². The van der Waals surface area contributed by atoms with Gasteiger partial charge in [-0.3, -0.25) is 9.59 Å². The van der Waals surface area contributed by atoms with Crippen molar-refractivity contribution in [2.24, 2.45) is 0 Å². The van der Waals surface area contributed by atoms with Crippen molar-refractivity contribution in [2.45, 2.75) is 36.9 Å². The SMILES string of the molecule is COC(=O)CC([OH2+])(CC(=O)[OH2+])C(=O)[OH2+].COC(=O)CC([OH2+])(CC(=O)[OH2+])C(=O)[OH2+].[Ge]. The van der Waals surface area contributed by atoms with Gasteiger partial charge in [-0.2, -0.15) is 0 Å². The van der Waals surface area contributed by atoms with Crippen LogP contribution in [0.15, 0.2) is 0 Å². The fourth-order valence-electron chi connectivity index (χ4n) is 1.63. The van der Waals surface area contributed by atoms with E-state index in [4.69, 9.17) is 30.6 Å². The van der Waals surface area contributed by atoms with Crippen LogP contribution in [0.5, 0.6) is 0 Å². The van der Waals surface area contributed by atoms with Gasteiger partial charge < -0.3 is 40.1 Å². The Kier molecular flexibility index (Phi) is 14.4. The molecule has 0 bridgehead atoms. The monoisotopic (exact) mass is 492 g/mol. The average Bonchev–Trinajstić information content (AvgIpc) is 2.53. The molecule has 12 N–H and O–H groups in total. The van der Waals surface area contributed by atoms with Crippen molar-refractivity contribution < 1.29 is 68.9 Å². The van der Waals surface area contributed by atoms with Gasteiger partial charge in [0.05, 0.1) is 23.8 Å². The summed E-state index contributed by atoms with van der Waals surface area (Å²) in [5.41, 5.74) is -4.38. The zero-order valence-corrected chi connectivity index (χ0v) is 17.7. The molecule has 0 saturated carbocycles. The van der Waals surface area contributed by atoms with Gasteiger partial charge in [-0.15, -0.1) is 0 Å². The van der Waals surface area contributed by atoms with Crippen LogP contribution >= 0.6 is 0 Å². The fourth-order valence-corrected chi connectivity index (χ4v) is 1.63. The van der Waals surface area contributed by atoms with Gasteiger partial charge >= 0.3 is 47.0 Å². The first-order chi connectivity index (χ1) is 12.6. The summed E-state index contributed by atoms with van der Waals surface area (Å²) in [6.07, 6.45) is -2.91. The van der Waals surface area contributed by atoms with Crippen LogP contribution in [0.25, 0.3) is 0 Å². The third kappa shape index (κ3) is 12.4. The maximum absolute atomic E-state index is 10.8. The molecule has 164 valence electrons. The first-order valence-electron chi connectivity index (χ1n) is 7.28. The number of rotatable bonds is 10. The number of hydrogen-bond acceptors (Lipinski definition) is 8. The molecular formula is C14H26GeO14+6. The summed E-state index contributed by atoms with van der Waals surface area (Å²) < 4.78 is 8.42. The van der Waals surface area contributed by atoms with E-state index in [9.17, 15) is 28.8 Å². The predicted molar refractivity (Wildman–Crippen MR) is 95.4 cm³/mol. The van der Waals surface area contributed by atoms with Crippen molar-refractivity contribution in [3.63, 3.8) is 0 Å². The fraction of sp³-hybridized carbons (Fsp3) is 0.571. The van der Waals surface area contributed by atoms with Gasteiger partial charge in [0.2, 0.25) is 0 Å². The molecule has 0 aromatic carbocycles. The number of methoxy groups -OCH3 is 2. The van der Waals surface area contributed by atoms with Gasteiger partial charge in [0, 0.05) is 27.2 Å². The molecule has 0 aliphatic carbocycles. The Morgan fingerprint density at radius 2 is 0.862 bits per heavy atom. The van der Waals surface area contributed by atoms with E-state index in [0.29, 0.717) is 0 Å². The van der Waals surface area contributed by atoms with E-state index in [-0.39, 0.29) is 17.6 Å². The Bertz CT molecular complexity index is 578. The molecule has 0 heterocycles. The van der Waals surface area contributed by atoms with E-state index >= 15 is 0 Å².